The van der Waals surface area contributed by atoms with Crippen molar-refractivity contribution in [3.05, 3.63) is 88.8 Å². The molecular formula is C30H35ClN2O2S. The summed E-state index contributed by atoms with van der Waals surface area (Å²) in [6.07, 6.45) is 3.21. The van der Waals surface area contributed by atoms with Gasteiger partial charge in [0, 0.05) is 50.4 Å². The van der Waals surface area contributed by atoms with Crippen molar-refractivity contribution in [2.24, 2.45) is 0 Å². The molecule has 0 saturated carbocycles. The summed E-state index contributed by atoms with van der Waals surface area (Å²) >= 11 is 7.95. The maximum absolute atomic E-state index is 10.9. The lowest BCUT2D eigenvalue weighted by atomic mass is 10.0. The van der Waals surface area contributed by atoms with E-state index in [1.807, 2.05) is 62.0 Å². The van der Waals surface area contributed by atoms with Crippen molar-refractivity contribution in [3.8, 4) is 5.75 Å². The zero-order valence-electron chi connectivity index (χ0n) is 21.7. The Morgan fingerprint density at radius 1 is 1.00 bits per heavy atom. The average Bonchev–Trinajstić information content (AvgIpc) is 3.07. The number of benzene rings is 2. The van der Waals surface area contributed by atoms with Crippen LogP contribution < -0.4 is 4.74 Å². The van der Waals surface area contributed by atoms with Gasteiger partial charge in [0.15, 0.2) is 0 Å². The molecule has 1 N–H and O–H groups in total. The zero-order valence-corrected chi connectivity index (χ0v) is 23.3. The SMILES string of the molecule is CC(C)(O)Cc1c(SC(C)(C)C)c2cc(OCc3ccccn3)ccc2n1CCc1ccc(Cl)cc1. The summed E-state index contributed by atoms with van der Waals surface area (Å²) in [7, 11) is 0. The number of aliphatic hydroxyl groups is 1. The number of hydrogen-bond donors (Lipinski definition) is 1. The number of nitrogens with zero attached hydrogens (tertiary/aromatic N) is 2. The molecule has 0 saturated heterocycles. The maximum atomic E-state index is 10.9. The Morgan fingerprint density at radius 3 is 2.39 bits per heavy atom. The highest BCUT2D eigenvalue weighted by atomic mass is 35.5. The van der Waals surface area contributed by atoms with Crippen LogP contribution in [0, 0.1) is 0 Å². The number of pyridine rings is 1. The van der Waals surface area contributed by atoms with E-state index < -0.39 is 5.60 Å². The fourth-order valence-electron chi connectivity index (χ4n) is 4.24. The van der Waals surface area contributed by atoms with Crippen molar-refractivity contribution in [2.45, 2.75) is 75.9 Å². The molecular weight excluding hydrogens is 488 g/mol. The lowest BCUT2D eigenvalue weighted by Gasteiger charge is -2.23. The quantitative estimate of drug-likeness (QED) is 0.229. The Morgan fingerprint density at radius 2 is 1.75 bits per heavy atom. The van der Waals surface area contributed by atoms with Gasteiger partial charge in [0.2, 0.25) is 0 Å². The van der Waals surface area contributed by atoms with Gasteiger partial charge in [0.25, 0.3) is 0 Å². The van der Waals surface area contributed by atoms with Gasteiger partial charge in [-0.3, -0.25) is 4.98 Å². The molecule has 0 unspecified atom stereocenters. The molecule has 6 heteroatoms. The monoisotopic (exact) mass is 522 g/mol. The summed E-state index contributed by atoms with van der Waals surface area (Å²) < 4.78 is 8.51. The van der Waals surface area contributed by atoms with E-state index >= 15 is 0 Å². The van der Waals surface area contributed by atoms with Gasteiger partial charge in [0.05, 0.1) is 11.3 Å². The Kier molecular flexibility index (Phi) is 8.03. The minimum atomic E-state index is -0.835. The Balaban J connectivity index is 1.76. The third kappa shape index (κ3) is 7.06. The Labute approximate surface area is 223 Å². The number of hydrogen-bond acceptors (Lipinski definition) is 4. The fraction of sp³-hybridized carbons (Fsp3) is 0.367. The van der Waals surface area contributed by atoms with Crippen LogP contribution in [0.3, 0.4) is 0 Å². The number of thioether (sulfide) groups is 1. The Bertz CT molecular complexity index is 1300. The van der Waals surface area contributed by atoms with Crippen molar-refractivity contribution in [2.75, 3.05) is 0 Å². The van der Waals surface area contributed by atoms with Gasteiger partial charge in [-0.15, -0.1) is 11.8 Å². The third-order valence-electron chi connectivity index (χ3n) is 5.75. The van der Waals surface area contributed by atoms with Crippen LogP contribution in [0.25, 0.3) is 10.9 Å². The summed E-state index contributed by atoms with van der Waals surface area (Å²) in [5.74, 6) is 0.813. The van der Waals surface area contributed by atoms with E-state index in [2.05, 4.69) is 54.6 Å². The van der Waals surface area contributed by atoms with E-state index in [0.29, 0.717) is 13.0 Å². The number of aromatic nitrogens is 2. The highest BCUT2D eigenvalue weighted by molar-refractivity contribution is 8.00. The molecule has 0 aliphatic heterocycles. The van der Waals surface area contributed by atoms with Crippen molar-refractivity contribution < 1.29 is 9.84 Å². The molecule has 2 heterocycles. The highest BCUT2D eigenvalue weighted by Crippen LogP contribution is 2.43. The largest absolute Gasteiger partial charge is 0.487 e. The second-order valence-corrected chi connectivity index (χ2v) is 13.1. The highest BCUT2D eigenvalue weighted by Gasteiger charge is 2.27. The molecule has 0 bridgehead atoms. The van der Waals surface area contributed by atoms with Crippen LogP contribution in [0.4, 0.5) is 0 Å². The molecule has 0 radical (unpaired) electrons. The van der Waals surface area contributed by atoms with Gasteiger partial charge in [-0.05, 0) is 68.3 Å². The van der Waals surface area contributed by atoms with Crippen molar-refractivity contribution in [3.63, 3.8) is 0 Å². The predicted molar refractivity (Wildman–Crippen MR) is 151 cm³/mol. The molecule has 0 aliphatic carbocycles. The lowest BCUT2D eigenvalue weighted by molar-refractivity contribution is 0.0784. The number of fused-ring (bicyclic) bond motifs is 1. The topological polar surface area (TPSA) is 47.3 Å². The smallest absolute Gasteiger partial charge is 0.130 e. The van der Waals surface area contributed by atoms with Crippen molar-refractivity contribution >= 4 is 34.3 Å². The summed E-state index contributed by atoms with van der Waals surface area (Å²) in [6, 6.07) is 20.2. The summed E-state index contributed by atoms with van der Waals surface area (Å²) in [5, 5.41) is 12.8. The molecule has 0 atom stereocenters. The van der Waals surface area contributed by atoms with Crippen LogP contribution in [0.1, 0.15) is 51.6 Å². The summed E-state index contributed by atoms with van der Waals surface area (Å²) in [5.41, 5.74) is 3.60. The first-order chi connectivity index (χ1) is 17.0. The molecule has 36 heavy (non-hydrogen) atoms. The van der Waals surface area contributed by atoms with Gasteiger partial charge in [0.1, 0.15) is 12.4 Å². The molecule has 2 aromatic heterocycles. The van der Waals surface area contributed by atoms with Crippen LogP contribution in [-0.4, -0.2) is 25.0 Å². The number of rotatable bonds is 9. The number of ether oxygens (including phenoxy) is 1. The van der Waals surface area contributed by atoms with E-state index in [1.54, 1.807) is 6.20 Å². The number of aryl methyl sites for hydroxylation is 2. The third-order valence-corrected chi connectivity index (χ3v) is 7.27. The zero-order chi connectivity index (χ0) is 25.9. The molecule has 190 valence electrons. The first kappa shape index (κ1) is 26.6. The first-order valence-corrected chi connectivity index (χ1v) is 13.5. The molecule has 4 rings (SSSR count). The number of halogens is 1. The molecule has 4 nitrogen and oxygen atoms in total. The summed E-state index contributed by atoms with van der Waals surface area (Å²) in [6.45, 7) is 11.7. The van der Waals surface area contributed by atoms with Crippen LogP contribution in [0.15, 0.2) is 71.8 Å². The fourth-order valence-corrected chi connectivity index (χ4v) is 5.55. The van der Waals surface area contributed by atoms with Crippen LogP contribution in [0.5, 0.6) is 5.75 Å². The van der Waals surface area contributed by atoms with Crippen molar-refractivity contribution in [1.82, 2.24) is 9.55 Å². The van der Waals surface area contributed by atoms with E-state index in [0.717, 1.165) is 46.0 Å². The molecule has 2 aromatic carbocycles. The lowest BCUT2D eigenvalue weighted by Crippen LogP contribution is -2.24. The summed E-state index contributed by atoms with van der Waals surface area (Å²) in [4.78, 5) is 5.58. The van der Waals surface area contributed by atoms with Gasteiger partial charge in [-0.1, -0.05) is 50.6 Å². The van der Waals surface area contributed by atoms with E-state index in [1.165, 1.54) is 10.5 Å². The van der Waals surface area contributed by atoms with Crippen LogP contribution in [0.2, 0.25) is 5.02 Å². The minimum absolute atomic E-state index is 0.00839. The van der Waals surface area contributed by atoms with Gasteiger partial charge in [-0.2, -0.15) is 0 Å². The minimum Gasteiger partial charge on any atom is -0.487 e. The predicted octanol–water partition coefficient (Wildman–Crippen LogP) is 7.72. The second kappa shape index (κ2) is 10.9. The van der Waals surface area contributed by atoms with Gasteiger partial charge < -0.3 is 14.4 Å². The molecule has 0 fully saturated rings. The average molecular weight is 523 g/mol. The molecule has 0 amide bonds. The maximum Gasteiger partial charge on any atom is 0.130 e. The van der Waals surface area contributed by atoms with Gasteiger partial charge >= 0.3 is 0 Å². The molecule has 4 aromatic rings. The van der Waals surface area contributed by atoms with E-state index in [-0.39, 0.29) is 4.75 Å². The second-order valence-electron chi connectivity index (χ2n) is 10.8. The van der Waals surface area contributed by atoms with Crippen LogP contribution >= 0.6 is 23.4 Å². The van der Waals surface area contributed by atoms with Gasteiger partial charge in [-0.25, -0.2) is 0 Å². The van der Waals surface area contributed by atoms with Crippen LogP contribution in [-0.2, 0) is 26.0 Å². The molecule has 0 aliphatic rings. The van der Waals surface area contributed by atoms with Crippen molar-refractivity contribution in [1.29, 1.82) is 0 Å². The normalized spacial score (nSPS) is 12.3. The van der Waals surface area contributed by atoms with E-state index in [9.17, 15) is 5.11 Å². The standard InChI is InChI=1S/C30H35ClN2O2S/c1-29(2,3)36-28-25-18-24(35-20-23-8-6-7-16-32-23)13-14-26(25)33(27(28)19-30(4,5)34)17-15-21-9-11-22(31)12-10-21/h6-14,16,18,34H,15,17,19-20H2,1-5H3. The van der Waals surface area contributed by atoms with E-state index in [4.69, 9.17) is 16.3 Å². The molecule has 0 spiro atoms. The first-order valence-electron chi connectivity index (χ1n) is 12.3. The Hall–Kier alpha value is -2.47.